The van der Waals surface area contributed by atoms with E-state index in [4.69, 9.17) is 4.74 Å². The van der Waals surface area contributed by atoms with Crippen LogP contribution in [-0.2, 0) is 9.53 Å². The summed E-state index contributed by atoms with van der Waals surface area (Å²) in [6.45, 7) is 6.16. The van der Waals surface area contributed by atoms with Gasteiger partial charge in [-0.05, 0) is 0 Å². The molecule has 0 aliphatic carbocycles. The molecule has 22 heavy (non-hydrogen) atoms. The van der Waals surface area contributed by atoms with Crippen LogP contribution in [0.2, 0.25) is 0 Å². The first-order valence-corrected chi connectivity index (χ1v) is 9.08. The van der Waals surface area contributed by atoms with E-state index < -0.39 is 0 Å². The molecule has 0 amide bonds. The minimum absolute atomic E-state index is 0.0638. The van der Waals surface area contributed by atoms with Crippen LogP contribution in [0.3, 0.4) is 0 Å². The van der Waals surface area contributed by atoms with Crippen molar-refractivity contribution < 1.29 is 9.53 Å². The molecule has 0 fully saturated rings. The summed E-state index contributed by atoms with van der Waals surface area (Å²) in [4.78, 5) is 11.9. The van der Waals surface area contributed by atoms with Crippen molar-refractivity contribution in [3.05, 3.63) is 77.3 Å². The first kappa shape index (κ1) is 16.5. The minimum atomic E-state index is -0.361. The van der Waals surface area contributed by atoms with Gasteiger partial charge in [0.2, 0.25) is 0 Å². The van der Waals surface area contributed by atoms with Crippen molar-refractivity contribution >= 4 is 25.4 Å². The molecule has 2 rings (SSSR count). The molecule has 0 saturated carbocycles. The molecule has 1 atom stereocenters. The Balaban J connectivity index is 2.16. The molecule has 0 radical (unpaired) electrons. The number of benzene rings is 2. The average molecular weight is 359 g/mol. The molecule has 0 spiro atoms. The molecule has 0 bridgehead atoms. The summed E-state index contributed by atoms with van der Waals surface area (Å²) in [6, 6.07) is 20.0. The Morgan fingerprint density at radius 1 is 1.09 bits per heavy atom. The summed E-state index contributed by atoms with van der Waals surface area (Å²) in [5.74, 6) is -0.165. The van der Waals surface area contributed by atoms with Crippen molar-refractivity contribution in [2.45, 2.75) is 25.9 Å². The molecular weight excluding hydrogens is 339 g/mol. The fraction of sp³-hybridized carbons (Fsp3) is 0.211. The molecule has 2 aromatic rings. The van der Waals surface area contributed by atoms with Crippen molar-refractivity contribution in [3.8, 4) is 0 Å². The predicted molar refractivity (Wildman–Crippen MR) is 91.2 cm³/mol. The van der Waals surface area contributed by atoms with Crippen LogP contribution < -0.4 is 4.46 Å². The summed E-state index contributed by atoms with van der Waals surface area (Å²) in [6.07, 6.45) is 0.867. The van der Waals surface area contributed by atoms with Gasteiger partial charge in [-0.1, -0.05) is 0 Å². The zero-order valence-corrected chi connectivity index (χ0v) is 14.4. The van der Waals surface area contributed by atoms with Crippen LogP contribution in [0, 0.1) is 0 Å². The maximum atomic E-state index is 11.9. The third-order valence-corrected chi connectivity index (χ3v) is 5.16. The van der Waals surface area contributed by atoms with Gasteiger partial charge in [0.25, 0.3) is 0 Å². The van der Waals surface area contributed by atoms with Gasteiger partial charge in [-0.3, -0.25) is 0 Å². The molecule has 0 N–H and O–H groups in total. The fourth-order valence-electron chi connectivity index (χ4n) is 2.04. The van der Waals surface area contributed by atoms with Crippen molar-refractivity contribution in [2.24, 2.45) is 0 Å². The van der Waals surface area contributed by atoms with Gasteiger partial charge >= 0.3 is 138 Å². The summed E-state index contributed by atoms with van der Waals surface area (Å²) in [5.41, 5.74) is 0.981. The van der Waals surface area contributed by atoms with Crippen molar-refractivity contribution in [1.29, 1.82) is 0 Å². The number of ether oxygens (including phenoxy) is 1. The van der Waals surface area contributed by atoms with Crippen molar-refractivity contribution in [2.75, 3.05) is 0 Å². The van der Waals surface area contributed by atoms with E-state index in [2.05, 4.69) is 18.7 Å². The summed E-state index contributed by atoms with van der Waals surface area (Å²) in [5, 5.41) is 0. The molecule has 0 aromatic heterocycles. The molecule has 1 unspecified atom stereocenters. The number of hydrogen-bond donors (Lipinski definition) is 0. The fourth-order valence-corrected chi connectivity index (χ4v) is 3.90. The number of hydrogen-bond acceptors (Lipinski definition) is 2. The van der Waals surface area contributed by atoms with E-state index in [1.807, 2.05) is 55.5 Å². The van der Waals surface area contributed by atoms with E-state index in [1.165, 1.54) is 4.46 Å². The van der Waals surface area contributed by atoms with Crippen LogP contribution in [0.1, 0.15) is 31.4 Å². The number of carbonyl (C=O) groups excluding carboxylic acids is 1. The molecule has 0 heterocycles. The first-order chi connectivity index (χ1) is 10.7. The normalized spacial score (nSPS) is 11.7. The molecule has 0 saturated heterocycles. The zero-order chi connectivity index (χ0) is 15.8. The van der Waals surface area contributed by atoms with Crippen LogP contribution in [0.5, 0.6) is 0 Å². The number of esters is 1. The Hall–Kier alpha value is -1.83. The van der Waals surface area contributed by atoms with Crippen molar-refractivity contribution in [1.82, 2.24) is 0 Å². The van der Waals surface area contributed by atoms with Gasteiger partial charge in [0.15, 0.2) is 0 Å². The average Bonchev–Trinajstić information content (AvgIpc) is 2.54. The monoisotopic (exact) mass is 360 g/mol. The first-order valence-electron chi connectivity index (χ1n) is 7.37. The van der Waals surface area contributed by atoms with Gasteiger partial charge in [0.1, 0.15) is 0 Å². The SMILES string of the molecule is C=C([Se]c1ccccc1)C(OC(=O)CCC)c1ccccc1. The van der Waals surface area contributed by atoms with Crippen LogP contribution in [0.4, 0.5) is 0 Å². The summed E-state index contributed by atoms with van der Waals surface area (Å²) in [7, 11) is 0. The van der Waals surface area contributed by atoms with Crippen LogP contribution in [0.15, 0.2) is 71.7 Å². The van der Waals surface area contributed by atoms with Crippen LogP contribution >= 0.6 is 0 Å². The van der Waals surface area contributed by atoms with Gasteiger partial charge in [0, 0.05) is 0 Å². The Labute approximate surface area is 138 Å². The second-order valence-corrected chi connectivity index (χ2v) is 7.43. The third-order valence-electron chi connectivity index (χ3n) is 3.09. The molecule has 0 aliphatic rings. The number of carbonyl (C=O) groups is 1. The molecular formula is C19H20O2Se. The van der Waals surface area contributed by atoms with E-state index in [-0.39, 0.29) is 27.0 Å². The van der Waals surface area contributed by atoms with Gasteiger partial charge in [-0.2, -0.15) is 0 Å². The van der Waals surface area contributed by atoms with E-state index in [0.29, 0.717) is 6.42 Å². The van der Waals surface area contributed by atoms with E-state index in [0.717, 1.165) is 16.5 Å². The quantitative estimate of drug-likeness (QED) is 0.558. The van der Waals surface area contributed by atoms with Gasteiger partial charge in [0.05, 0.1) is 0 Å². The second kappa shape index (κ2) is 8.57. The molecule has 0 aliphatic heterocycles. The summed E-state index contributed by atoms with van der Waals surface area (Å²) >= 11 is 0.0638. The Kier molecular flexibility index (Phi) is 6.44. The topological polar surface area (TPSA) is 26.3 Å². The summed E-state index contributed by atoms with van der Waals surface area (Å²) < 4.78 is 7.87. The van der Waals surface area contributed by atoms with E-state index in [1.54, 1.807) is 0 Å². The Morgan fingerprint density at radius 3 is 2.27 bits per heavy atom. The maximum absolute atomic E-state index is 11.9. The predicted octanol–water partition coefficient (Wildman–Crippen LogP) is 3.61. The van der Waals surface area contributed by atoms with Crippen molar-refractivity contribution in [3.63, 3.8) is 0 Å². The van der Waals surface area contributed by atoms with E-state index in [9.17, 15) is 4.79 Å². The Morgan fingerprint density at radius 2 is 1.68 bits per heavy atom. The van der Waals surface area contributed by atoms with Gasteiger partial charge in [-0.15, -0.1) is 0 Å². The zero-order valence-electron chi connectivity index (χ0n) is 12.7. The van der Waals surface area contributed by atoms with Gasteiger partial charge < -0.3 is 0 Å². The van der Waals surface area contributed by atoms with Crippen LogP contribution in [0.25, 0.3) is 0 Å². The third kappa shape index (κ3) is 4.87. The van der Waals surface area contributed by atoms with E-state index >= 15 is 0 Å². The standard InChI is InChI=1S/C19H20O2Se/c1-3-10-18(20)21-19(16-11-6-4-7-12-16)15(2)22-17-13-8-5-9-14-17/h4-9,11-14,19H,2-3,10H2,1H3. The molecule has 3 heteroatoms. The van der Waals surface area contributed by atoms with Gasteiger partial charge in [-0.25, -0.2) is 0 Å². The number of rotatable bonds is 7. The second-order valence-electron chi connectivity index (χ2n) is 4.91. The van der Waals surface area contributed by atoms with Crippen LogP contribution in [-0.4, -0.2) is 20.9 Å². The molecule has 114 valence electrons. The molecule has 2 aromatic carbocycles. The molecule has 2 nitrogen and oxygen atoms in total. The Bertz CT molecular complexity index is 608.